The Kier molecular flexibility index (Phi) is 10.9. The molecule has 0 saturated heterocycles. The van der Waals surface area contributed by atoms with E-state index in [1.807, 2.05) is 0 Å². The Hall–Kier alpha value is -1.24. The molecule has 0 radical (unpaired) electrons. The van der Waals surface area contributed by atoms with E-state index in [9.17, 15) is 9.59 Å². The summed E-state index contributed by atoms with van der Waals surface area (Å²) in [6.45, 7) is 3.32. The fourth-order valence-electron chi connectivity index (χ4n) is 1.80. The van der Waals surface area contributed by atoms with E-state index < -0.39 is 0 Å². The maximum Gasteiger partial charge on any atom is 0.234 e. The highest BCUT2D eigenvalue weighted by atomic mass is 16.1. The minimum atomic E-state index is 0.578. The number of aliphatic imine (C=N–C) groups is 2. The lowest BCUT2D eigenvalue weighted by Gasteiger charge is -2.13. The van der Waals surface area contributed by atoms with E-state index in [1.165, 1.54) is 12.5 Å². The van der Waals surface area contributed by atoms with E-state index in [1.54, 1.807) is 6.08 Å². The van der Waals surface area contributed by atoms with Crippen LogP contribution < -0.4 is 0 Å². The van der Waals surface area contributed by atoms with Gasteiger partial charge in [0, 0.05) is 0 Å². The van der Waals surface area contributed by atoms with Crippen LogP contribution in [0.3, 0.4) is 0 Å². The first-order valence-corrected chi connectivity index (χ1v) is 5.92. The summed E-state index contributed by atoms with van der Waals surface area (Å²) in [6.07, 6.45) is 9.52. The predicted octanol–water partition coefficient (Wildman–Crippen LogP) is 2.63. The molecule has 0 heterocycles. The highest BCUT2D eigenvalue weighted by Crippen LogP contribution is 2.18. The maximum absolute atomic E-state index is 9.94. The van der Waals surface area contributed by atoms with E-state index in [0.717, 1.165) is 32.1 Å². The molecule has 0 N–H and O–H groups in total. The number of hydrogen-bond acceptors (Lipinski definition) is 4. The second-order valence-corrected chi connectivity index (χ2v) is 3.89. The monoisotopic (exact) mass is 224 g/mol. The number of rotatable bonds is 10. The molecule has 90 valence electrons. The van der Waals surface area contributed by atoms with Crippen molar-refractivity contribution < 1.29 is 9.59 Å². The normalized spacial score (nSPS) is 11.3. The number of nitrogens with zero attached hydrogens (tertiary/aromatic N) is 2. The van der Waals surface area contributed by atoms with Crippen molar-refractivity contribution in [3.05, 3.63) is 0 Å². The lowest BCUT2D eigenvalue weighted by molar-refractivity contribution is 0.405. The summed E-state index contributed by atoms with van der Waals surface area (Å²) < 4.78 is 0. The highest BCUT2D eigenvalue weighted by Gasteiger charge is 2.06. The molecule has 0 rings (SSSR count). The van der Waals surface area contributed by atoms with Crippen molar-refractivity contribution >= 4 is 12.2 Å². The highest BCUT2D eigenvalue weighted by molar-refractivity contribution is 5.32. The Morgan fingerprint density at radius 1 is 0.938 bits per heavy atom. The zero-order chi connectivity index (χ0) is 12.1. The summed E-state index contributed by atoms with van der Waals surface area (Å²) in [5.41, 5.74) is 0. The van der Waals surface area contributed by atoms with Crippen LogP contribution in [0.2, 0.25) is 0 Å². The van der Waals surface area contributed by atoms with E-state index in [0.29, 0.717) is 19.0 Å². The van der Waals surface area contributed by atoms with Gasteiger partial charge < -0.3 is 0 Å². The zero-order valence-electron chi connectivity index (χ0n) is 9.95. The van der Waals surface area contributed by atoms with Gasteiger partial charge in [-0.25, -0.2) is 19.6 Å². The minimum absolute atomic E-state index is 0.578. The van der Waals surface area contributed by atoms with Gasteiger partial charge in [-0.2, -0.15) is 0 Å². The predicted molar refractivity (Wildman–Crippen MR) is 62.8 cm³/mol. The van der Waals surface area contributed by atoms with Crippen LogP contribution in [-0.4, -0.2) is 25.2 Å². The average molecular weight is 224 g/mol. The van der Waals surface area contributed by atoms with Crippen LogP contribution in [0, 0.1) is 5.92 Å². The molecule has 0 aromatic rings. The Morgan fingerprint density at radius 3 is 2.25 bits per heavy atom. The molecule has 0 aliphatic heterocycles. The smallest absolute Gasteiger partial charge is 0.211 e. The maximum atomic E-state index is 9.94. The van der Waals surface area contributed by atoms with Crippen molar-refractivity contribution in [2.24, 2.45) is 15.9 Å². The molecule has 0 saturated carbocycles. The standard InChI is InChI=1S/C12H20N2O2/c1-2-5-12(7-9-14-11-16)6-3-4-8-13-10-15/h12H,2-9H2,1H3. The second-order valence-electron chi connectivity index (χ2n) is 3.89. The van der Waals surface area contributed by atoms with Crippen LogP contribution in [-0.2, 0) is 9.59 Å². The van der Waals surface area contributed by atoms with E-state index in [-0.39, 0.29) is 0 Å². The molecule has 0 spiro atoms. The number of carbonyl (C=O) groups excluding carboxylic acids is 2. The van der Waals surface area contributed by atoms with Crippen LogP contribution in [0.15, 0.2) is 9.98 Å². The van der Waals surface area contributed by atoms with Crippen molar-refractivity contribution in [1.29, 1.82) is 0 Å². The fraction of sp³-hybridized carbons (Fsp3) is 0.833. The Labute approximate surface area is 96.9 Å². The van der Waals surface area contributed by atoms with Crippen molar-refractivity contribution in [2.75, 3.05) is 13.1 Å². The van der Waals surface area contributed by atoms with Crippen LogP contribution in [0.25, 0.3) is 0 Å². The molecule has 0 aliphatic rings. The Morgan fingerprint density at radius 2 is 1.62 bits per heavy atom. The summed E-state index contributed by atoms with van der Waals surface area (Å²) in [5, 5.41) is 0. The van der Waals surface area contributed by atoms with Gasteiger partial charge in [0.2, 0.25) is 12.2 Å². The van der Waals surface area contributed by atoms with E-state index in [2.05, 4.69) is 16.9 Å². The first-order chi connectivity index (χ1) is 7.85. The topological polar surface area (TPSA) is 58.9 Å². The quantitative estimate of drug-likeness (QED) is 0.325. The largest absolute Gasteiger partial charge is 0.234 e. The average Bonchev–Trinajstić information content (AvgIpc) is 2.29. The lowest BCUT2D eigenvalue weighted by Crippen LogP contribution is -2.02. The van der Waals surface area contributed by atoms with E-state index >= 15 is 0 Å². The SMILES string of the molecule is CCCC(CCCCN=C=O)CCN=C=O. The summed E-state index contributed by atoms with van der Waals surface area (Å²) in [4.78, 5) is 26.9. The number of unbranched alkanes of at least 4 members (excludes halogenated alkanes) is 1. The molecule has 1 atom stereocenters. The van der Waals surface area contributed by atoms with Gasteiger partial charge in [-0.15, -0.1) is 0 Å². The van der Waals surface area contributed by atoms with Crippen LogP contribution in [0.1, 0.15) is 45.4 Å². The second kappa shape index (κ2) is 11.8. The van der Waals surface area contributed by atoms with Gasteiger partial charge >= 0.3 is 0 Å². The molecule has 4 heteroatoms. The van der Waals surface area contributed by atoms with Crippen molar-refractivity contribution in [3.63, 3.8) is 0 Å². The third kappa shape index (κ3) is 9.32. The Balaban J connectivity index is 3.65. The third-order valence-electron chi connectivity index (χ3n) is 2.61. The molecule has 0 aliphatic carbocycles. The molecule has 4 nitrogen and oxygen atoms in total. The molecular formula is C12H20N2O2. The molecule has 1 unspecified atom stereocenters. The first-order valence-electron chi connectivity index (χ1n) is 5.92. The number of hydrogen-bond donors (Lipinski definition) is 0. The van der Waals surface area contributed by atoms with Gasteiger partial charge in [0.25, 0.3) is 0 Å². The van der Waals surface area contributed by atoms with Gasteiger partial charge in [0.15, 0.2) is 0 Å². The van der Waals surface area contributed by atoms with Crippen LogP contribution in [0.4, 0.5) is 0 Å². The van der Waals surface area contributed by atoms with Crippen molar-refractivity contribution in [2.45, 2.75) is 45.4 Å². The van der Waals surface area contributed by atoms with Gasteiger partial charge in [-0.1, -0.05) is 32.6 Å². The molecular weight excluding hydrogens is 204 g/mol. The molecule has 16 heavy (non-hydrogen) atoms. The third-order valence-corrected chi connectivity index (χ3v) is 2.61. The number of isocyanates is 2. The lowest BCUT2D eigenvalue weighted by atomic mass is 9.94. The Bertz CT molecular complexity index is 254. The molecule has 0 aromatic heterocycles. The van der Waals surface area contributed by atoms with Gasteiger partial charge in [0.05, 0.1) is 13.1 Å². The first kappa shape index (κ1) is 14.8. The molecule has 0 amide bonds. The van der Waals surface area contributed by atoms with Gasteiger partial charge in [-0.05, 0) is 18.8 Å². The summed E-state index contributed by atoms with van der Waals surface area (Å²) in [6, 6.07) is 0. The van der Waals surface area contributed by atoms with Crippen LogP contribution >= 0.6 is 0 Å². The summed E-state index contributed by atoms with van der Waals surface area (Å²) in [7, 11) is 0. The molecule has 0 bridgehead atoms. The molecule has 0 fully saturated rings. The van der Waals surface area contributed by atoms with Gasteiger partial charge in [-0.3, -0.25) is 0 Å². The fourth-order valence-corrected chi connectivity index (χ4v) is 1.80. The van der Waals surface area contributed by atoms with Crippen molar-refractivity contribution in [3.8, 4) is 0 Å². The van der Waals surface area contributed by atoms with Crippen molar-refractivity contribution in [1.82, 2.24) is 0 Å². The minimum Gasteiger partial charge on any atom is -0.211 e. The van der Waals surface area contributed by atoms with Crippen LogP contribution in [0.5, 0.6) is 0 Å². The van der Waals surface area contributed by atoms with Gasteiger partial charge in [0.1, 0.15) is 0 Å². The van der Waals surface area contributed by atoms with E-state index in [4.69, 9.17) is 0 Å². The summed E-state index contributed by atoms with van der Waals surface area (Å²) >= 11 is 0. The molecule has 0 aromatic carbocycles. The summed E-state index contributed by atoms with van der Waals surface area (Å²) in [5.74, 6) is 0.627. The zero-order valence-corrected chi connectivity index (χ0v) is 9.95.